The summed E-state index contributed by atoms with van der Waals surface area (Å²) in [5.41, 5.74) is 6.04. The number of hydrogen-bond donors (Lipinski definition) is 1. The van der Waals surface area contributed by atoms with Crippen LogP contribution in [0.25, 0.3) is 11.1 Å². The molecule has 2 aliphatic rings. The highest BCUT2D eigenvalue weighted by Gasteiger charge is 2.38. The number of rotatable bonds is 2. The molecule has 0 amide bonds. The third kappa shape index (κ3) is 3.54. The summed E-state index contributed by atoms with van der Waals surface area (Å²) < 4.78 is 14.6. The van der Waals surface area contributed by atoms with E-state index in [-0.39, 0.29) is 17.0 Å². The second kappa shape index (κ2) is 7.16. The van der Waals surface area contributed by atoms with Crippen molar-refractivity contribution in [3.05, 3.63) is 76.6 Å². The topological polar surface area (TPSA) is 20.2 Å². The maximum absolute atomic E-state index is 14.6. The number of phenols is 1. The normalized spacial score (nSPS) is 24.1. The number of aromatic hydroxyl groups is 1. The van der Waals surface area contributed by atoms with Gasteiger partial charge in [0.2, 0.25) is 0 Å². The molecule has 0 heterocycles. The summed E-state index contributed by atoms with van der Waals surface area (Å²) in [6.45, 7) is 10.5. The Kier molecular flexibility index (Phi) is 4.93. The van der Waals surface area contributed by atoms with Gasteiger partial charge in [0.05, 0.1) is 0 Å². The van der Waals surface area contributed by atoms with Crippen molar-refractivity contribution in [1.29, 1.82) is 0 Å². The zero-order chi connectivity index (χ0) is 20.9. The Balaban J connectivity index is 1.80. The lowest BCUT2D eigenvalue weighted by molar-refractivity contribution is 0.445. The molecule has 2 aromatic carbocycles. The molecule has 0 radical (unpaired) electrons. The maximum Gasteiger partial charge on any atom is 0.127 e. The summed E-state index contributed by atoms with van der Waals surface area (Å²) in [5, 5.41) is 11.1. The molecule has 4 rings (SSSR count). The summed E-state index contributed by atoms with van der Waals surface area (Å²) in [6, 6.07) is 11.2. The molecule has 1 fully saturated rings. The van der Waals surface area contributed by atoms with Crippen LogP contribution in [0.1, 0.15) is 64.5 Å². The molecular formula is C27H31FO. The Labute approximate surface area is 174 Å². The largest absolute Gasteiger partial charge is 0.507 e. The smallest absolute Gasteiger partial charge is 0.127 e. The van der Waals surface area contributed by atoms with Crippen molar-refractivity contribution < 1.29 is 9.50 Å². The summed E-state index contributed by atoms with van der Waals surface area (Å²) >= 11 is 0. The highest BCUT2D eigenvalue weighted by atomic mass is 19.1. The first kappa shape index (κ1) is 19.9. The molecule has 2 unspecified atom stereocenters. The minimum absolute atomic E-state index is 0.203. The molecule has 0 saturated heterocycles. The van der Waals surface area contributed by atoms with Gasteiger partial charge in [-0.1, -0.05) is 68.3 Å². The van der Waals surface area contributed by atoms with Gasteiger partial charge in [-0.2, -0.15) is 0 Å². The summed E-state index contributed by atoms with van der Waals surface area (Å²) in [5.74, 6) is 1.49. The van der Waals surface area contributed by atoms with Crippen LogP contribution in [0.2, 0.25) is 0 Å². The van der Waals surface area contributed by atoms with Crippen LogP contribution in [-0.2, 0) is 5.41 Å². The second-order valence-electron chi connectivity index (χ2n) is 9.89. The predicted octanol–water partition coefficient (Wildman–Crippen LogP) is 7.51. The Morgan fingerprint density at radius 1 is 0.897 bits per heavy atom. The minimum atomic E-state index is -0.331. The average Bonchev–Trinajstić information content (AvgIpc) is 3.12. The molecule has 152 valence electrons. The Hall–Kier alpha value is -2.35. The first-order valence-corrected chi connectivity index (χ1v) is 10.6. The molecule has 1 N–H and O–H groups in total. The minimum Gasteiger partial charge on any atom is -0.507 e. The van der Waals surface area contributed by atoms with Crippen molar-refractivity contribution in [2.45, 2.75) is 58.8 Å². The van der Waals surface area contributed by atoms with Gasteiger partial charge in [-0.15, -0.1) is 0 Å². The summed E-state index contributed by atoms with van der Waals surface area (Å²) in [7, 11) is 0. The highest BCUT2D eigenvalue weighted by Crippen LogP contribution is 2.52. The lowest BCUT2D eigenvalue weighted by Gasteiger charge is -2.24. The van der Waals surface area contributed by atoms with Gasteiger partial charge < -0.3 is 5.11 Å². The first-order chi connectivity index (χ1) is 13.7. The molecule has 0 bridgehead atoms. The molecule has 1 saturated carbocycles. The predicted molar refractivity (Wildman–Crippen MR) is 119 cm³/mol. The summed E-state index contributed by atoms with van der Waals surface area (Å²) in [4.78, 5) is 0. The van der Waals surface area contributed by atoms with Crippen LogP contribution in [0.5, 0.6) is 5.75 Å². The van der Waals surface area contributed by atoms with Crippen molar-refractivity contribution >= 4 is 0 Å². The highest BCUT2D eigenvalue weighted by molar-refractivity contribution is 5.76. The number of halogens is 1. The first-order valence-electron chi connectivity index (χ1n) is 10.6. The lowest BCUT2D eigenvalue weighted by atomic mass is 9.81. The van der Waals surface area contributed by atoms with Crippen LogP contribution in [0.15, 0.2) is 59.7 Å². The molecule has 2 aliphatic carbocycles. The van der Waals surface area contributed by atoms with Gasteiger partial charge in [0.15, 0.2) is 0 Å². The van der Waals surface area contributed by atoms with E-state index in [1.54, 1.807) is 0 Å². The van der Waals surface area contributed by atoms with Gasteiger partial charge in [0.1, 0.15) is 11.6 Å². The maximum atomic E-state index is 14.6. The van der Waals surface area contributed by atoms with E-state index < -0.39 is 0 Å². The van der Waals surface area contributed by atoms with E-state index in [2.05, 4.69) is 38.1 Å². The fraction of sp³-hybridized carbons (Fsp3) is 0.407. The number of hydrogen-bond acceptors (Lipinski definition) is 1. The molecular weight excluding hydrogens is 359 g/mol. The summed E-state index contributed by atoms with van der Waals surface area (Å²) in [6.07, 6.45) is 6.74. The van der Waals surface area contributed by atoms with E-state index >= 15 is 0 Å². The van der Waals surface area contributed by atoms with E-state index in [4.69, 9.17) is 0 Å². The third-order valence-electron chi connectivity index (χ3n) is 6.91. The molecule has 0 aliphatic heterocycles. The van der Waals surface area contributed by atoms with Gasteiger partial charge in [-0.25, -0.2) is 4.39 Å². The lowest BCUT2D eigenvalue weighted by Crippen LogP contribution is -2.13. The van der Waals surface area contributed by atoms with E-state index in [1.165, 1.54) is 28.8 Å². The zero-order valence-corrected chi connectivity index (χ0v) is 18.1. The number of benzene rings is 2. The van der Waals surface area contributed by atoms with Gasteiger partial charge in [0, 0.05) is 11.1 Å². The number of allylic oxidation sites excluding steroid dienone is 4. The van der Waals surface area contributed by atoms with Crippen LogP contribution in [0.3, 0.4) is 0 Å². The second-order valence-corrected chi connectivity index (χ2v) is 9.89. The Morgan fingerprint density at radius 2 is 1.48 bits per heavy atom. The van der Waals surface area contributed by atoms with Crippen LogP contribution in [0, 0.1) is 17.7 Å². The van der Waals surface area contributed by atoms with Gasteiger partial charge in [0.25, 0.3) is 0 Å². The fourth-order valence-electron chi connectivity index (χ4n) is 5.28. The average molecular weight is 391 g/mol. The van der Waals surface area contributed by atoms with Crippen LogP contribution < -0.4 is 0 Å². The van der Waals surface area contributed by atoms with Crippen LogP contribution >= 0.6 is 0 Å². The molecule has 1 nitrogen and oxygen atoms in total. The van der Waals surface area contributed by atoms with Crippen molar-refractivity contribution in [2.24, 2.45) is 11.8 Å². The van der Waals surface area contributed by atoms with Gasteiger partial charge in [-0.05, 0) is 73.1 Å². The monoisotopic (exact) mass is 390 g/mol. The fourth-order valence-corrected chi connectivity index (χ4v) is 5.28. The van der Waals surface area contributed by atoms with Crippen molar-refractivity contribution in [3.8, 4) is 16.9 Å². The zero-order valence-electron chi connectivity index (χ0n) is 18.1. The van der Waals surface area contributed by atoms with E-state index in [9.17, 15) is 9.50 Å². The van der Waals surface area contributed by atoms with E-state index in [0.717, 1.165) is 18.4 Å². The van der Waals surface area contributed by atoms with Gasteiger partial charge in [-0.3, -0.25) is 0 Å². The van der Waals surface area contributed by atoms with Crippen molar-refractivity contribution in [2.75, 3.05) is 0 Å². The number of phenolic OH excluding ortho intramolecular Hbond substituents is 1. The third-order valence-corrected chi connectivity index (χ3v) is 6.91. The molecule has 2 heteroatoms. The standard InChI is InChI=1S/C27H31FO/c1-16-10-11-17(2)23-13-18(12-22(16)23)20-8-6-7-9-21(20)24-14-19(28)15-25(26(24)29)27(3,4)5/h6-11,14-15,18,22-23,29H,12-13H2,1-5H3. The SMILES string of the molecule is CC1=CC=C(C)C2CC(c3ccccc3-c3cc(F)cc(C(C)(C)C)c3O)CC12. The Morgan fingerprint density at radius 3 is 2.07 bits per heavy atom. The molecule has 0 aromatic heterocycles. The Bertz CT molecular complexity index is 980. The molecule has 2 atom stereocenters. The van der Waals surface area contributed by atoms with Crippen LogP contribution in [0.4, 0.5) is 4.39 Å². The quantitative estimate of drug-likeness (QED) is 0.562. The number of fused-ring (bicyclic) bond motifs is 1. The molecule has 0 spiro atoms. The van der Waals surface area contributed by atoms with Crippen molar-refractivity contribution in [1.82, 2.24) is 0 Å². The van der Waals surface area contributed by atoms with E-state index in [1.807, 2.05) is 32.9 Å². The van der Waals surface area contributed by atoms with Crippen LogP contribution in [-0.4, -0.2) is 5.11 Å². The van der Waals surface area contributed by atoms with Gasteiger partial charge >= 0.3 is 0 Å². The van der Waals surface area contributed by atoms with Crippen molar-refractivity contribution in [3.63, 3.8) is 0 Å². The van der Waals surface area contributed by atoms with E-state index in [0.29, 0.717) is 28.9 Å². The molecule has 2 aromatic rings. The molecule has 29 heavy (non-hydrogen) atoms.